The van der Waals surface area contributed by atoms with Crippen molar-refractivity contribution in [3.05, 3.63) is 70.3 Å². The van der Waals surface area contributed by atoms with Crippen molar-refractivity contribution in [3.63, 3.8) is 0 Å². The molecular formula is C38H64OSi6. The molecule has 0 unspecified atom stereocenters. The second-order valence-electron chi connectivity index (χ2n) is 20.1. The number of hydrogen-bond donors (Lipinski definition) is 0. The normalized spacial score (nSPS) is 28.5. The summed E-state index contributed by atoms with van der Waals surface area (Å²) in [5.41, 5.74) is 0.470. The lowest BCUT2D eigenvalue weighted by Gasteiger charge is -2.73. The Kier molecular flexibility index (Phi) is 8.17. The SMILES string of the molecule is C[Si](C)(C)O[Si]1(C(C23CC4CC(CC(C4)C2)C3)([Si](C)(C)C)[Si](C)(C)C)C([Si](C)(C)c2ccccc2)=C1[Si](C)(C)c1ccccc1. The van der Waals surface area contributed by atoms with Crippen LogP contribution in [0.15, 0.2) is 70.3 Å². The Morgan fingerprint density at radius 2 is 0.889 bits per heavy atom. The molecule has 0 atom stereocenters. The molecule has 4 saturated carbocycles. The minimum absolute atomic E-state index is 0.388. The number of benzene rings is 2. The number of hydrogen-bond acceptors (Lipinski definition) is 1. The largest absolute Gasteiger partial charge is 0.450 e. The molecule has 4 aliphatic carbocycles. The summed E-state index contributed by atoms with van der Waals surface area (Å²) < 4.78 is 8.92. The van der Waals surface area contributed by atoms with Gasteiger partial charge in [0.2, 0.25) is 8.32 Å². The molecule has 0 amide bonds. The fourth-order valence-corrected chi connectivity index (χ4v) is 65.8. The van der Waals surface area contributed by atoms with Crippen molar-refractivity contribution in [1.29, 1.82) is 0 Å². The fourth-order valence-electron chi connectivity index (χ4n) is 13.5. The molecule has 1 nitrogen and oxygen atoms in total. The predicted molar refractivity (Wildman–Crippen MR) is 214 cm³/mol. The molecule has 45 heavy (non-hydrogen) atoms. The first-order valence-electron chi connectivity index (χ1n) is 18.2. The third-order valence-electron chi connectivity index (χ3n) is 13.2. The minimum atomic E-state index is -2.58. The molecule has 246 valence electrons. The number of rotatable bonds is 10. The van der Waals surface area contributed by atoms with E-state index in [1.54, 1.807) is 10.4 Å². The Labute approximate surface area is 283 Å². The van der Waals surface area contributed by atoms with Gasteiger partial charge in [0.25, 0.3) is 0 Å². The predicted octanol–water partition coefficient (Wildman–Crippen LogP) is 10.2. The summed E-state index contributed by atoms with van der Waals surface area (Å²) in [4.78, 5) is 4.01. The van der Waals surface area contributed by atoms with Crippen molar-refractivity contribution in [3.8, 4) is 0 Å². The van der Waals surface area contributed by atoms with E-state index in [4.69, 9.17) is 4.12 Å². The van der Waals surface area contributed by atoms with E-state index in [-0.39, 0.29) is 0 Å². The molecule has 0 radical (unpaired) electrons. The monoisotopic (exact) mass is 704 g/mol. The van der Waals surface area contributed by atoms with Crippen LogP contribution in [0.3, 0.4) is 0 Å². The van der Waals surface area contributed by atoms with E-state index in [1.165, 1.54) is 38.5 Å². The fraction of sp³-hybridized carbons (Fsp3) is 0.632. The summed E-state index contributed by atoms with van der Waals surface area (Å²) in [5.74, 6) is 2.89. The lowest BCUT2D eigenvalue weighted by atomic mass is 9.50. The summed E-state index contributed by atoms with van der Waals surface area (Å²) >= 11 is 0. The summed E-state index contributed by atoms with van der Waals surface area (Å²) in [7, 11) is -12.3. The first kappa shape index (κ1) is 34.3. The summed E-state index contributed by atoms with van der Waals surface area (Å²) in [6.45, 7) is 35.8. The Bertz CT molecular complexity index is 1340. The van der Waals surface area contributed by atoms with Gasteiger partial charge in [0.1, 0.15) is 16.1 Å². The van der Waals surface area contributed by atoms with Crippen LogP contribution in [0.25, 0.3) is 0 Å². The average Bonchev–Trinajstić information content (AvgIpc) is 3.56. The molecule has 4 fully saturated rings. The van der Waals surface area contributed by atoms with Gasteiger partial charge in [0.05, 0.1) is 0 Å². The van der Waals surface area contributed by atoms with E-state index in [0.717, 1.165) is 17.8 Å². The smallest absolute Gasteiger partial charge is 0.229 e. The second kappa shape index (κ2) is 10.7. The van der Waals surface area contributed by atoms with Crippen molar-refractivity contribution in [1.82, 2.24) is 0 Å². The molecule has 0 spiro atoms. The third-order valence-corrected chi connectivity index (χ3v) is 50.0. The van der Waals surface area contributed by atoms with Crippen LogP contribution in [-0.2, 0) is 4.12 Å². The molecule has 7 rings (SSSR count). The highest BCUT2D eigenvalue weighted by Crippen LogP contribution is 2.81. The summed E-state index contributed by atoms with van der Waals surface area (Å²) in [5, 5.41) is 3.27. The van der Waals surface area contributed by atoms with E-state index >= 15 is 0 Å². The molecule has 0 aromatic heterocycles. The van der Waals surface area contributed by atoms with Crippen LogP contribution < -0.4 is 10.4 Å². The van der Waals surface area contributed by atoms with Gasteiger partial charge in [-0.05, 0) is 85.6 Å². The molecule has 2 aromatic carbocycles. The van der Waals surface area contributed by atoms with Gasteiger partial charge in [-0.2, -0.15) is 0 Å². The van der Waals surface area contributed by atoms with Crippen LogP contribution in [0.4, 0.5) is 0 Å². The lowest BCUT2D eigenvalue weighted by Crippen LogP contribution is -2.78. The molecule has 0 saturated heterocycles. The molecule has 0 N–H and O–H groups in total. The van der Waals surface area contributed by atoms with Crippen molar-refractivity contribution in [2.75, 3.05) is 0 Å². The topological polar surface area (TPSA) is 9.23 Å². The zero-order chi connectivity index (χ0) is 33.1. The quantitative estimate of drug-likeness (QED) is 0.224. The third kappa shape index (κ3) is 4.98. The van der Waals surface area contributed by atoms with Gasteiger partial charge in [-0.3, -0.25) is 0 Å². The van der Waals surface area contributed by atoms with Gasteiger partial charge < -0.3 is 4.12 Å². The van der Waals surface area contributed by atoms with Gasteiger partial charge in [0, 0.05) is 16.1 Å². The summed E-state index contributed by atoms with van der Waals surface area (Å²) in [6.07, 6.45) is 9.11. The lowest BCUT2D eigenvalue weighted by molar-refractivity contribution is -0.0577. The highest BCUT2D eigenvalue weighted by atomic mass is 28.5. The van der Waals surface area contributed by atoms with Crippen LogP contribution >= 0.6 is 0 Å². The zero-order valence-electron chi connectivity index (χ0n) is 31.2. The highest BCUT2D eigenvalue weighted by Gasteiger charge is 2.86. The molecule has 7 heteroatoms. The van der Waals surface area contributed by atoms with Gasteiger partial charge in [0.15, 0.2) is 8.32 Å². The van der Waals surface area contributed by atoms with Gasteiger partial charge in [-0.15, -0.1) is 0 Å². The van der Waals surface area contributed by atoms with E-state index in [2.05, 4.69) is 146 Å². The van der Waals surface area contributed by atoms with Crippen molar-refractivity contribution in [2.45, 2.75) is 128 Å². The zero-order valence-corrected chi connectivity index (χ0v) is 37.2. The first-order valence-corrected chi connectivity index (χ1v) is 36.5. The van der Waals surface area contributed by atoms with E-state index in [9.17, 15) is 0 Å². The van der Waals surface area contributed by atoms with Crippen molar-refractivity contribution < 1.29 is 4.12 Å². The standard InChI is InChI=1S/C38H64OSi6/c1-40(2,3)38(41(4,5)6,37-27-30-24-31(28-37)26-32(25-30)29-37)45(39-42(7,8)9)35(43(10,11)33-20-16-14-17-21-33)36(45)44(12,13)34-22-18-15-19-23-34/h14-23,30-32H,24-29H2,1-13H3. The Morgan fingerprint density at radius 3 is 1.18 bits per heavy atom. The Morgan fingerprint density at radius 1 is 0.556 bits per heavy atom. The van der Waals surface area contributed by atoms with E-state index in [0.29, 0.717) is 9.70 Å². The van der Waals surface area contributed by atoms with Crippen LogP contribution in [-0.4, -0.2) is 48.9 Å². The molecule has 2 aromatic rings. The molecule has 5 aliphatic rings. The van der Waals surface area contributed by atoms with Crippen molar-refractivity contribution in [2.24, 2.45) is 23.2 Å². The first-order chi connectivity index (χ1) is 20.6. The minimum Gasteiger partial charge on any atom is -0.450 e. The van der Waals surface area contributed by atoms with E-state index in [1.807, 2.05) is 9.64 Å². The average molecular weight is 705 g/mol. The molecule has 4 bridgehead atoms. The Hall–Kier alpha value is -0.559. The molecule has 1 aliphatic heterocycles. The maximum atomic E-state index is 8.53. The van der Waals surface area contributed by atoms with Crippen LogP contribution in [0, 0.1) is 23.2 Å². The maximum Gasteiger partial charge on any atom is 0.229 e. The van der Waals surface area contributed by atoms with Gasteiger partial charge in [-0.25, -0.2) is 0 Å². The molecule has 1 heterocycles. The highest BCUT2D eigenvalue weighted by molar-refractivity contribution is 7.38. The van der Waals surface area contributed by atoms with E-state index < -0.39 is 48.9 Å². The van der Waals surface area contributed by atoms with Crippen LogP contribution in [0.1, 0.15) is 38.5 Å². The molecular weight excluding hydrogens is 641 g/mol. The van der Waals surface area contributed by atoms with Gasteiger partial charge in [-0.1, -0.05) is 146 Å². The van der Waals surface area contributed by atoms with Crippen molar-refractivity contribution >= 4 is 59.3 Å². The summed E-state index contributed by atoms with van der Waals surface area (Å²) in [6, 6.07) is 23.7. The van der Waals surface area contributed by atoms with Crippen LogP contribution in [0.2, 0.25) is 89.4 Å². The second-order valence-corrected chi connectivity index (χ2v) is 49.9. The van der Waals surface area contributed by atoms with Gasteiger partial charge >= 0.3 is 0 Å². The van der Waals surface area contributed by atoms with Crippen LogP contribution in [0.5, 0.6) is 0 Å². The maximum absolute atomic E-state index is 8.53. The Balaban J connectivity index is 1.75.